The SMILES string of the molecule is COC(C)C(=C(CC(=O)O)C(=O)O)C(C)OC. The van der Waals surface area contributed by atoms with E-state index >= 15 is 0 Å². The van der Waals surface area contributed by atoms with E-state index in [-0.39, 0.29) is 5.57 Å². The van der Waals surface area contributed by atoms with Gasteiger partial charge in [-0.3, -0.25) is 4.79 Å². The third-order valence-electron chi connectivity index (χ3n) is 2.52. The van der Waals surface area contributed by atoms with Crippen molar-refractivity contribution in [2.45, 2.75) is 32.5 Å². The first-order valence-corrected chi connectivity index (χ1v) is 5.08. The van der Waals surface area contributed by atoms with E-state index in [0.717, 1.165) is 0 Å². The normalized spacial score (nSPS) is 13.9. The van der Waals surface area contributed by atoms with Crippen molar-refractivity contribution in [3.05, 3.63) is 11.1 Å². The Balaban J connectivity index is 5.54. The van der Waals surface area contributed by atoms with E-state index < -0.39 is 30.6 Å². The molecule has 0 spiro atoms. The van der Waals surface area contributed by atoms with E-state index in [9.17, 15) is 9.59 Å². The van der Waals surface area contributed by atoms with E-state index in [1.807, 2.05) is 0 Å². The molecule has 0 aliphatic rings. The van der Waals surface area contributed by atoms with Gasteiger partial charge < -0.3 is 19.7 Å². The van der Waals surface area contributed by atoms with Gasteiger partial charge in [0.05, 0.1) is 24.2 Å². The minimum absolute atomic E-state index is 0.193. The highest BCUT2D eigenvalue weighted by atomic mass is 16.5. The zero-order chi connectivity index (χ0) is 13.6. The molecular formula is C11H18O6. The number of carbonyl (C=O) groups is 2. The fourth-order valence-corrected chi connectivity index (χ4v) is 1.53. The summed E-state index contributed by atoms with van der Waals surface area (Å²) in [6.07, 6.45) is -1.60. The van der Waals surface area contributed by atoms with Crippen LogP contribution in [-0.4, -0.2) is 48.6 Å². The molecule has 0 bridgehead atoms. The Kier molecular flexibility index (Phi) is 6.45. The number of methoxy groups -OCH3 is 2. The number of hydrogen-bond donors (Lipinski definition) is 2. The lowest BCUT2D eigenvalue weighted by molar-refractivity contribution is -0.139. The topological polar surface area (TPSA) is 93.1 Å². The van der Waals surface area contributed by atoms with Gasteiger partial charge in [0.15, 0.2) is 0 Å². The smallest absolute Gasteiger partial charge is 0.332 e. The van der Waals surface area contributed by atoms with Crippen LogP contribution in [0.4, 0.5) is 0 Å². The van der Waals surface area contributed by atoms with Crippen LogP contribution >= 0.6 is 0 Å². The summed E-state index contributed by atoms with van der Waals surface area (Å²) in [5.41, 5.74) is 0.145. The third-order valence-corrected chi connectivity index (χ3v) is 2.52. The summed E-state index contributed by atoms with van der Waals surface area (Å²) in [4.78, 5) is 21.7. The average Bonchev–Trinajstić information content (AvgIpc) is 2.26. The maximum Gasteiger partial charge on any atom is 0.332 e. The minimum atomic E-state index is -1.27. The maximum atomic E-state index is 11.1. The van der Waals surface area contributed by atoms with Crippen LogP contribution in [0.3, 0.4) is 0 Å². The van der Waals surface area contributed by atoms with Crippen LogP contribution in [0.1, 0.15) is 20.3 Å². The first-order valence-electron chi connectivity index (χ1n) is 5.08. The molecule has 98 valence electrons. The highest BCUT2D eigenvalue weighted by molar-refractivity contribution is 5.93. The fourth-order valence-electron chi connectivity index (χ4n) is 1.53. The lowest BCUT2D eigenvalue weighted by Gasteiger charge is -2.22. The predicted octanol–water partition coefficient (Wildman–Crippen LogP) is 0.912. The third kappa shape index (κ3) is 4.54. The molecule has 0 saturated heterocycles. The van der Waals surface area contributed by atoms with Crippen LogP contribution in [0, 0.1) is 0 Å². The second-order valence-electron chi connectivity index (χ2n) is 3.57. The van der Waals surface area contributed by atoms with Crippen LogP contribution in [0.5, 0.6) is 0 Å². The van der Waals surface area contributed by atoms with Gasteiger partial charge in [0, 0.05) is 14.2 Å². The summed E-state index contributed by atoms with van der Waals surface area (Å²) in [6, 6.07) is 0. The Bertz CT molecular complexity index is 308. The molecule has 2 atom stereocenters. The highest BCUT2D eigenvalue weighted by Gasteiger charge is 2.25. The van der Waals surface area contributed by atoms with Gasteiger partial charge in [-0.15, -0.1) is 0 Å². The van der Waals surface area contributed by atoms with E-state index in [1.54, 1.807) is 13.8 Å². The largest absolute Gasteiger partial charge is 0.481 e. The van der Waals surface area contributed by atoms with Crippen LogP contribution in [0.2, 0.25) is 0 Å². The number of carboxylic acid groups (broad SMARTS) is 2. The molecular weight excluding hydrogens is 228 g/mol. The summed E-state index contributed by atoms with van der Waals surface area (Å²) >= 11 is 0. The maximum absolute atomic E-state index is 11.1. The first-order chi connectivity index (χ1) is 7.84. The molecule has 0 amide bonds. The zero-order valence-corrected chi connectivity index (χ0v) is 10.4. The van der Waals surface area contributed by atoms with Crippen molar-refractivity contribution in [3.63, 3.8) is 0 Å². The number of aliphatic carboxylic acids is 2. The Morgan fingerprint density at radius 1 is 1.06 bits per heavy atom. The Labute approximate surface area is 99.8 Å². The molecule has 0 aromatic heterocycles. The van der Waals surface area contributed by atoms with Gasteiger partial charge in [-0.1, -0.05) is 0 Å². The first kappa shape index (κ1) is 15.6. The van der Waals surface area contributed by atoms with Crippen molar-refractivity contribution in [1.29, 1.82) is 0 Å². The van der Waals surface area contributed by atoms with Crippen molar-refractivity contribution in [2.24, 2.45) is 0 Å². The van der Waals surface area contributed by atoms with Crippen LogP contribution in [0.25, 0.3) is 0 Å². The second kappa shape index (κ2) is 7.03. The van der Waals surface area contributed by atoms with Gasteiger partial charge in [-0.05, 0) is 19.4 Å². The van der Waals surface area contributed by atoms with E-state index in [1.165, 1.54) is 14.2 Å². The summed E-state index contributed by atoms with van der Waals surface area (Å²) in [5.74, 6) is -2.47. The Morgan fingerprint density at radius 3 is 1.71 bits per heavy atom. The van der Waals surface area contributed by atoms with Gasteiger partial charge >= 0.3 is 11.9 Å². The monoisotopic (exact) mass is 246 g/mol. The summed E-state index contributed by atoms with van der Waals surface area (Å²) < 4.78 is 10.1. The van der Waals surface area contributed by atoms with Crippen LogP contribution in [0.15, 0.2) is 11.1 Å². The zero-order valence-electron chi connectivity index (χ0n) is 10.4. The molecule has 0 aliphatic heterocycles. The molecule has 0 rings (SSSR count). The van der Waals surface area contributed by atoms with Gasteiger partial charge in [-0.2, -0.15) is 0 Å². The predicted molar refractivity (Wildman–Crippen MR) is 59.9 cm³/mol. The molecule has 0 saturated carbocycles. The Hall–Kier alpha value is -1.40. The van der Waals surface area contributed by atoms with E-state index in [0.29, 0.717) is 5.57 Å². The molecule has 6 heteroatoms. The molecule has 2 unspecified atom stereocenters. The quantitative estimate of drug-likeness (QED) is 0.648. The number of hydrogen-bond acceptors (Lipinski definition) is 4. The van der Waals surface area contributed by atoms with Crippen molar-refractivity contribution < 1.29 is 29.3 Å². The molecule has 6 nitrogen and oxygen atoms in total. The highest BCUT2D eigenvalue weighted by Crippen LogP contribution is 2.21. The molecule has 0 aromatic carbocycles. The molecule has 17 heavy (non-hydrogen) atoms. The molecule has 0 aliphatic carbocycles. The number of rotatable bonds is 7. The van der Waals surface area contributed by atoms with Crippen molar-refractivity contribution >= 4 is 11.9 Å². The fraction of sp³-hybridized carbons (Fsp3) is 0.636. The second-order valence-corrected chi connectivity index (χ2v) is 3.57. The summed E-state index contributed by atoms with van der Waals surface area (Å²) in [6.45, 7) is 3.30. The molecule has 0 fully saturated rings. The van der Waals surface area contributed by atoms with Gasteiger partial charge in [0.25, 0.3) is 0 Å². The summed E-state index contributed by atoms with van der Waals surface area (Å²) in [5, 5.41) is 17.8. The Morgan fingerprint density at radius 2 is 1.47 bits per heavy atom. The average molecular weight is 246 g/mol. The van der Waals surface area contributed by atoms with Crippen molar-refractivity contribution in [3.8, 4) is 0 Å². The van der Waals surface area contributed by atoms with Crippen molar-refractivity contribution in [1.82, 2.24) is 0 Å². The van der Waals surface area contributed by atoms with E-state index in [4.69, 9.17) is 19.7 Å². The molecule has 0 heterocycles. The number of ether oxygens (including phenoxy) is 2. The standard InChI is InChI=1S/C11H18O6/c1-6(16-3)10(7(2)17-4)8(11(14)15)5-9(12)13/h6-7H,5H2,1-4H3,(H,12,13)(H,14,15). The minimum Gasteiger partial charge on any atom is -0.481 e. The lowest BCUT2D eigenvalue weighted by atomic mass is 9.96. The van der Waals surface area contributed by atoms with Crippen LogP contribution in [-0.2, 0) is 19.1 Å². The van der Waals surface area contributed by atoms with Crippen molar-refractivity contribution in [2.75, 3.05) is 14.2 Å². The molecule has 2 N–H and O–H groups in total. The summed E-state index contributed by atoms with van der Waals surface area (Å²) in [7, 11) is 2.85. The van der Waals surface area contributed by atoms with E-state index in [2.05, 4.69) is 0 Å². The number of carboxylic acids is 2. The lowest BCUT2D eigenvalue weighted by Crippen LogP contribution is -2.26. The van der Waals surface area contributed by atoms with Crippen LogP contribution < -0.4 is 0 Å². The van der Waals surface area contributed by atoms with Gasteiger partial charge in [-0.25, -0.2) is 4.79 Å². The van der Waals surface area contributed by atoms with Gasteiger partial charge in [0.1, 0.15) is 0 Å². The molecule has 0 aromatic rings. The molecule has 0 radical (unpaired) electrons. The van der Waals surface area contributed by atoms with Gasteiger partial charge in [0.2, 0.25) is 0 Å².